The summed E-state index contributed by atoms with van der Waals surface area (Å²) in [4.78, 5) is 14.7. The molecule has 4 rings (SSSR count). The van der Waals surface area contributed by atoms with Crippen molar-refractivity contribution >= 4 is 5.91 Å². The fourth-order valence-corrected chi connectivity index (χ4v) is 3.95. The van der Waals surface area contributed by atoms with Crippen LogP contribution in [0.3, 0.4) is 0 Å². The van der Waals surface area contributed by atoms with Crippen LogP contribution < -0.4 is 4.74 Å². The molecule has 6 heteroatoms. The van der Waals surface area contributed by atoms with Crippen LogP contribution in [0.15, 0.2) is 24.5 Å². The summed E-state index contributed by atoms with van der Waals surface area (Å²) in [6.45, 7) is 4.98. The highest BCUT2D eigenvalue weighted by Gasteiger charge is 2.30. The molecule has 0 N–H and O–H groups in total. The van der Waals surface area contributed by atoms with Crippen molar-refractivity contribution in [2.45, 2.75) is 64.5 Å². The second kappa shape index (κ2) is 7.71. The molecule has 1 amide bonds. The van der Waals surface area contributed by atoms with Crippen LogP contribution >= 0.6 is 0 Å². The van der Waals surface area contributed by atoms with Crippen molar-refractivity contribution in [3.05, 3.63) is 41.5 Å². The van der Waals surface area contributed by atoms with Crippen LogP contribution in [0.4, 0.5) is 0 Å². The van der Waals surface area contributed by atoms with E-state index in [-0.39, 0.29) is 18.6 Å². The number of ether oxygens (including phenoxy) is 1. The second-order valence-corrected chi connectivity index (χ2v) is 7.87. The first kappa shape index (κ1) is 18.0. The van der Waals surface area contributed by atoms with Crippen LogP contribution in [0.1, 0.15) is 55.1 Å². The molecule has 1 aliphatic carbocycles. The number of nitrogens with zero attached hydrogens (tertiary/aromatic N) is 4. The molecule has 1 aliphatic heterocycles. The van der Waals surface area contributed by atoms with Crippen LogP contribution in [-0.4, -0.2) is 44.8 Å². The van der Waals surface area contributed by atoms with Gasteiger partial charge in [-0.2, -0.15) is 0 Å². The molecule has 144 valence electrons. The van der Waals surface area contributed by atoms with Crippen molar-refractivity contribution in [3.8, 4) is 5.75 Å². The van der Waals surface area contributed by atoms with Crippen molar-refractivity contribution in [2.75, 3.05) is 13.2 Å². The lowest BCUT2D eigenvalue weighted by atomic mass is 10.1. The zero-order valence-electron chi connectivity index (χ0n) is 16.2. The van der Waals surface area contributed by atoms with Crippen LogP contribution in [0.25, 0.3) is 0 Å². The standard InChI is InChI=1S/C21H28N4O2/c1-15-5-6-16(2)19(12-15)27-13-21(26)24-11-3-4-17(24)9-10-20-23-22-14-25(20)18-7-8-18/h5-6,12,14,17-18H,3-4,7-11,13H2,1-2H3. The molecule has 1 atom stereocenters. The molecule has 6 nitrogen and oxygen atoms in total. The number of hydrogen-bond acceptors (Lipinski definition) is 4. The minimum Gasteiger partial charge on any atom is -0.483 e. The Morgan fingerprint density at radius 2 is 2.11 bits per heavy atom. The first-order valence-corrected chi connectivity index (χ1v) is 9.99. The van der Waals surface area contributed by atoms with E-state index >= 15 is 0 Å². The van der Waals surface area contributed by atoms with Gasteiger partial charge in [0, 0.05) is 25.0 Å². The monoisotopic (exact) mass is 368 g/mol. The molecule has 1 saturated heterocycles. The molecule has 1 aromatic heterocycles. The molecule has 2 aliphatic rings. The third-order valence-corrected chi connectivity index (χ3v) is 5.68. The summed E-state index contributed by atoms with van der Waals surface area (Å²) >= 11 is 0. The molecule has 27 heavy (non-hydrogen) atoms. The summed E-state index contributed by atoms with van der Waals surface area (Å²) in [6.07, 6.45) is 8.26. The fraction of sp³-hybridized carbons (Fsp3) is 0.571. The van der Waals surface area contributed by atoms with Crippen LogP contribution in [-0.2, 0) is 11.2 Å². The van der Waals surface area contributed by atoms with Crippen molar-refractivity contribution in [1.29, 1.82) is 0 Å². The number of carbonyl (C=O) groups is 1. The van der Waals surface area contributed by atoms with E-state index < -0.39 is 0 Å². The van der Waals surface area contributed by atoms with Crippen molar-refractivity contribution in [3.63, 3.8) is 0 Å². The highest BCUT2D eigenvalue weighted by atomic mass is 16.5. The van der Waals surface area contributed by atoms with Gasteiger partial charge in [0.2, 0.25) is 0 Å². The van der Waals surface area contributed by atoms with Gasteiger partial charge in [0.05, 0.1) is 0 Å². The lowest BCUT2D eigenvalue weighted by Gasteiger charge is -2.25. The Kier molecular flexibility index (Phi) is 5.14. The summed E-state index contributed by atoms with van der Waals surface area (Å²) in [6, 6.07) is 6.96. The normalized spacial score (nSPS) is 19.5. The van der Waals surface area contributed by atoms with Crippen LogP contribution in [0.5, 0.6) is 5.75 Å². The Labute approximate surface area is 160 Å². The summed E-state index contributed by atoms with van der Waals surface area (Å²) in [5.41, 5.74) is 2.20. The number of hydrogen-bond donors (Lipinski definition) is 0. The molecule has 0 radical (unpaired) electrons. The Hall–Kier alpha value is -2.37. The maximum atomic E-state index is 12.7. The average Bonchev–Trinajstić information content (AvgIpc) is 3.21. The van der Waals surface area contributed by atoms with Gasteiger partial charge in [0.15, 0.2) is 6.61 Å². The predicted octanol–water partition coefficient (Wildman–Crippen LogP) is 3.23. The van der Waals surface area contributed by atoms with Gasteiger partial charge in [0.25, 0.3) is 5.91 Å². The molecule has 0 bridgehead atoms. The van der Waals surface area contributed by atoms with E-state index in [9.17, 15) is 4.79 Å². The Bertz CT molecular complexity index is 812. The minimum atomic E-state index is 0.0852. The lowest BCUT2D eigenvalue weighted by Crippen LogP contribution is -2.39. The third-order valence-electron chi connectivity index (χ3n) is 5.68. The summed E-state index contributed by atoms with van der Waals surface area (Å²) in [7, 11) is 0. The van der Waals surface area contributed by atoms with Gasteiger partial charge in [-0.15, -0.1) is 10.2 Å². The largest absolute Gasteiger partial charge is 0.483 e. The smallest absolute Gasteiger partial charge is 0.260 e. The Morgan fingerprint density at radius 1 is 1.26 bits per heavy atom. The summed E-state index contributed by atoms with van der Waals surface area (Å²) < 4.78 is 8.04. The van der Waals surface area contributed by atoms with E-state index in [1.807, 2.05) is 37.2 Å². The SMILES string of the molecule is Cc1ccc(C)c(OCC(=O)N2CCCC2CCc2nncn2C2CC2)c1. The molecule has 2 aromatic rings. The third kappa shape index (κ3) is 4.15. The Morgan fingerprint density at radius 3 is 2.93 bits per heavy atom. The first-order valence-electron chi connectivity index (χ1n) is 9.99. The lowest BCUT2D eigenvalue weighted by molar-refractivity contribution is -0.134. The van der Waals surface area contributed by atoms with Crippen LogP contribution in [0.2, 0.25) is 0 Å². The molecule has 1 saturated carbocycles. The van der Waals surface area contributed by atoms with E-state index in [4.69, 9.17) is 4.74 Å². The zero-order chi connectivity index (χ0) is 18.8. The summed E-state index contributed by atoms with van der Waals surface area (Å²) in [5, 5.41) is 8.36. The van der Waals surface area contributed by atoms with Gasteiger partial charge in [-0.25, -0.2) is 0 Å². The van der Waals surface area contributed by atoms with E-state index in [2.05, 4.69) is 20.8 Å². The number of carbonyl (C=O) groups excluding carboxylic acids is 1. The first-order chi connectivity index (χ1) is 13.1. The molecular weight excluding hydrogens is 340 g/mol. The molecule has 0 spiro atoms. The average molecular weight is 368 g/mol. The molecule has 2 fully saturated rings. The molecule has 2 heterocycles. The quantitative estimate of drug-likeness (QED) is 0.753. The molecular formula is C21H28N4O2. The summed E-state index contributed by atoms with van der Waals surface area (Å²) in [5.74, 6) is 1.95. The number of rotatable bonds is 7. The maximum Gasteiger partial charge on any atom is 0.260 e. The van der Waals surface area contributed by atoms with Crippen molar-refractivity contribution < 1.29 is 9.53 Å². The van der Waals surface area contributed by atoms with Gasteiger partial charge in [-0.3, -0.25) is 4.79 Å². The highest BCUT2D eigenvalue weighted by Crippen LogP contribution is 2.35. The van der Waals surface area contributed by atoms with Crippen molar-refractivity contribution in [2.24, 2.45) is 0 Å². The van der Waals surface area contributed by atoms with Gasteiger partial charge in [0.1, 0.15) is 17.9 Å². The Balaban J connectivity index is 1.32. The minimum absolute atomic E-state index is 0.0852. The second-order valence-electron chi connectivity index (χ2n) is 7.87. The van der Waals surface area contributed by atoms with Gasteiger partial charge in [-0.05, 0) is 63.1 Å². The molecule has 1 aromatic carbocycles. The predicted molar refractivity (Wildman–Crippen MR) is 103 cm³/mol. The van der Waals surface area contributed by atoms with Gasteiger partial charge >= 0.3 is 0 Å². The van der Waals surface area contributed by atoms with Gasteiger partial charge < -0.3 is 14.2 Å². The van der Waals surface area contributed by atoms with E-state index in [0.717, 1.165) is 54.9 Å². The fourth-order valence-electron chi connectivity index (χ4n) is 3.95. The number of amides is 1. The number of likely N-dealkylation sites (tertiary alicyclic amines) is 1. The highest BCUT2D eigenvalue weighted by molar-refractivity contribution is 5.78. The zero-order valence-corrected chi connectivity index (χ0v) is 16.2. The number of aryl methyl sites for hydroxylation is 3. The maximum absolute atomic E-state index is 12.7. The van der Waals surface area contributed by atoms with E-state index in [0.29, 0.717) is 6.04 Å². The topological polar surface area (TPSA) is 60.2 Å². The molecule has 1 unspecified atom stereocenters. The van der Waals surface area contributed by atoms with E-state index in [1.54, 1.807) is 0 Å². The number of aromatic nitrogens is 3. The number of benzene rings is 1. The van der Waals surface area contributed by atoms with Crippen LogP contribution in [0, 0.1) is 13.8 Å². The van der Waals surface area contributed by atoms with Gasteiger partial charge in [-0.1, -0.05) is 12.1 Å². The van der Waals surface area contributed by atoms with Crippen molar-refractivity contribution in [1.82, 2.24) is 19.7 Å². The van der Waals surface area contributed by atoms with E-state index in [1.165, 1.54) is 12.8 Å².